The van der Waals surface area contributed by atoms with Crippen molar-refractivity contribution in [1.82, 2.24) is 0 Å². The summed E-state index contributed by atoms with van der Waals surface area (Å²) in [6, 6.07) is 61.9. The zero-order chi connectivity index (χ0) is 32.3. The van der Waals surface area contributed by atoms with Crippen molar-refractivity contribution < 1.29 is 8.83 Å². The lowest BCUT2D eigenvalue weighted by Crippen LogP contribution is -2.11. The molecule has 2 heterocycles. The average molecular weight is 628 g/mol. The van der Waals surface area contributed by atoms with Crippen molar-refractivity contribution in [2.45, 2.75) is 0 Å². The number of fused-ring (bicyclic) bond motifs is 8. The van der Waals surface area contributed by atoms with Crippen molar-refractivity contribution in [3.05, 3.63) is 176 Å². The Kier molecular flexibility index (Phi) is 6.18. The van der Waals surface area contributed by atoms with E-state index >= 15 is 0 Å². The lowest BCUT2D eigenvalue weighted by Gasteiger charge is -2.27. The summed E-state index contributed by atoms with van der Waals surface area (Å²) in [5.41, 5.74) is 11.1. The first kappa shape index (κ1) is 27.5. The third-order valence-electron chi connectivity index (χ3n) is 9.64. The van der Waals surface area contributed by atoms with Crippen LogP contribution in [0, 0.1) is 0 Å². The van der Waals surface area contributed by atoms with Gasteiger partial charge in [0, 0.05) is 43.6 Å². The largest absolute Gasteiger partial charge is 0.455 e. The van der Waals surface area contributed by atoms with Gasteiger partial charge in [-0.15, -0.1) is 0 Å². The maximum Gasteiger partial charge on any atom is 0.159 e. The van der Waals surface area contributed by atoms with Crippen LogP contribution < -0.4 is 4.90 Å². The molecule has 0 amide bonds. The minimum atomic E-state index is 0.849. The van der Waals surface area contributed by atoms with Crippen LogP contribution in [-0.2, 0) is 0 Å². The van der Waals surface area contributed by atoms with Crippen LogP contribution in [0.3, 0.4) is 0 Å². The number of rotatable bonds is 5. The molecule has 0 saturated heterocycles. The quantitative estimate of drug-likeness (QED) is 0.190. The van der Waals surface area contributed by atoms with Gasteiger partial charge < -0.3 is 13.7 Å². The van der Waals surface area contributed by atoms with Gasteiger partial charge in [-0.25, -0.2) is 0 Å². The molecular formula is C46H29NO2. The molecule has 0 bridgehead atoms. The fourth-order valence-electron chi connectivity index (χ4n) is 7.40. The molecule has 0 unspecified atom stereocenters. The van der Waals surface area contributed by atoms with Gasteiger partial charge in [0.15, 0.2) is 5.58 Å². The van der Waals surface area contributed by atoms with E-state index in [1.165, 1.54) is 5.56 Å². The molecule has 10 rings (SSSR count). The molecule has 8 aromatic carbocycles. The normalized spacial score (nSPS) is 11.7. The molecule has 0 aliphatic heterocycles. The number of nitrogens with zero attached hydrogens (tertiary/aromatic N) is 1. The van der Waals surface area contributed by atoms with Crippen molar-refractivity contribution in [2.24, 2.45) is 0 Å². The summed E-state index contributed by atoms with van der Waals surface area (Å²) < 4.78 is 13.5. The van der Waals surface area contributed by atoms with E-state index in [1.807, 2.05) is 18.2 Å². The maximum atomic E-state index is 6.85. The Labute approximate surface area is 282 Å². The highest BCUT2D eigenvalue weighted by atomic mass is 16.3. The van der Waals surface area contributed by atoms with Crippen molar-refractivity contribution in [2.75, 3.05) is 4.90 Å². The molecular weight excluding hydrogens is 599 g/mol. The van der Waals surface area contributed by atoms with E-state index in [1.54, 1.807) is 0 Å². The Bertz CT molecular complexity index is 2830. The lowest BCUT2D eigenvalue weighted by atomic mass is 9.99. The molecule has 10 aromatic rings. The van der Waals surface area contributed by atoms with Gasteiger partial charge in [-0.05, 0) is 47.0 Å². The predicted octanol–water partition coefficient (Wildman–Crippen LogP) is 13.4. The number of hydrogen-bond donors (Lipinski definition) is 0. The smallest absolute Gasteiger partial charge is 0.159 e. The Balaban J connectivity index is 1.31. The van der Waals surface area contributed by atoms with Gasteiger partial charge in [0.1, 0.15) is 16.7 Å². The van der Waals surface area contributed by atoms with Crippen LogP contribution in [0.25, 0.3) is 76.9 Å². The average Bonchev–Trinajstić information content (AvgIpc) is 3.75. The van der Waals surface area contributed by atoms with Gasteiger partial charge in [-0.1, -0.05) is 146 Å². The van der Waals surface area contributed by atoms with E-state index in [-0.39, 0.29) is 0 Å². The molecule has 0 fully saturated rings. The highest BCUT2D eigenvalue weighted by Crippen LogP contribution is 2.48. The standard InChI is InChI=1S/C46H29NO2/c1-3-14-30(15-4-1)32-18-11-19-33(28-32)47(41-26-13-25-38-36-21-9-10-27-43(36)48-46(38)41)42-29-40-39-24-12-23-34(31-16-5-2-6-17-31)44(39)49-45(40)37-22-8-7-20-35(37)42/h1-29H. The highest BCUT2D eigenvalue weighted by Gasteiger charge is 2.24. The molecule has 0 radical (unpaired) electrons. The van der Waals surface area contributed by atoms with E-state index in [0.29, 0.717) is 0 Å². The molecule has 3 nitrogen and oxygen atoms in total. The number of para-hydroxylation sites is 3. The molecule has 0 aliphatic rings. The van der Waals surface area contributed by atoms with Crippen LogP contribution in [-0.4, -0.2) is 0 Å². The Morgan fingerprint density at radius 2 is 0.918 bits per heavy atom. The van der Waals surface area contributed by atoms with Crippen molar-refractivity contribution in [3.63, 3.8) is 0 Å². The summed E-state index contributed by atoms with van der Waals surface area (Å²) in [6.45, 7) is 0. The molecule has 2 aromatic heterocycles. The minimum absolute atomic E-state index is 0.849. The molecule has 0 N–H and O–H groups in total. The molecule has 49 heavy (non-hydrogen) atoms. The number of furan rings is 2. The topological polar surface area (TPSA) is 29.5 Å². The van der Waals surface area contributed by atoms with Gasteiger partial charge in [-0.2, -0.15) is 0 Å². The van der Waals surface area contributed by atoms with Crippen LogP contribution in [0.2, 0.25) is 0 Å². The van der Waals surface area contributed by atoms with Crippen LogP contribution in [0.4, 0.5) is 17.1 Å². The number of benzene rings is 8. The zero-order valence-electron chi connectivity index (χ0n) is 26.5. The highest BCUT2D eigenvalue weighted by molar-refractivity contribution is 6.22. The maximum absolute atomic E-state index is 6.85. The molecule has 0 aliphatic carbocycles. The summed E-state index contributed by atoms with van der Waals surface area (Å²) in [5, 5.41) is 6.50. The Morgan fingerprint density at radius 3 is 1.73 bits per heavy atom. The fraction of sp³-hybridized carbons (Fsp3) is 0. The molecule has 3 heteroatoms. The van der Waals surface area contributed by atoms with Crippen LogP contribution >= 0.6 is 0 Å². The number of hydrogen-bond acceptors (Lipinski definition) is 3. The van der Waals surface area contributed by atoms with Crippen molar-refractivity contribution in [3.8, 4) is 22.3 Å². The Morgan fingerprint density at radius 1 is 0.327 bits per heavy atom. The second-order valence-corrected chi connectivity index (χ2v) is 12.5. The van der Waals surface area contributed by atoms with E-state index in [9.17, 15) is 0 Å². The van der Waals surface area contributed by atoms with Crippen molar-refractivity contribution >= 4 is 71.7 Å². The fourth-order valence-corrected chi connectivity index (χ4v) is 7.40. The van der Waals surface area contributed by atoms with E-state index in [4.69, 9.17) is 8.83 Å². The third-order valence-corrected chi connectivity index (χ3v) is 9.64. The van der Waals surface area contributed by atoms with Crippen molar-refractivity contribution in [1.29, 1.82) is 0 Å². The third kappa shape index (κ3) is 4.37. The van der Waals surface area contributed by atoms with Gasteiger partial charge in [0.05, 0.1) is 11.4 Å². The summed E-state index contributed by atoms with van der Waals surface area (Å²) in [6.07, 6.45) is 0. The SMILES string of the molecule is c1ccc(-c2cccc(N(c3cc4c5cccc(-c6ccccc6)c5oc4c4ccccc34)c3cccc4c3oc3ccccc34)c2)cc1. The first-order valence-corrected chi connectivity index (χ1v) is 16.6. The molecule has 0 saturated carbocycles. The minimum Gasteiger partial charge on any atom is -0.455 e. The molecule has 0 atom stereocenters. The predicted molar refractivity (Wildman–Crippen MR) is 204 cm³/mol. The molecule has 230 valence electrons. The second-order valence-electron chi connectivity index (χ2n) is 12.5. The van der Waals surface area contributed by atoms with Gasteiger partial charge in [-0.3, -0.25) is 0 Å². The van der Waals surface area contributed by atoms with Gasteiger partial charge >= 0.3 is 0 Å². The summed E-state index contributed by atoms with van der Waals surface area (Å²) in [5.74, 6) is 0. The zero-order valence-corrected chi connectivity index (χ0v) is 26.5. The number of anilines is 3. The first-order chi connectivity index (χ1) is 24.3. The Hall–Kier alpha value is -6.58. The summed E-state index contributed by atoms with van der Waals surface area (Å²) in [4.78, 5) is 2.36. The van der Waals surface area contributed by atoms with E-state index < -0.39 is 0 Å². The molecule has 0 spiro atoms. The second kappa shape index (κ2) is 11.0. The lowest BCUT2D eigenvalue weighted by molar-refractivity contribution is 0.669. The van der Waals surface area contributed by atoms with Crippen LogP contribution in [0.15, 0.2) is 185 Å². The van der Waals surface area contributed by atoms with E-state index in [0.717, 1.165) is 88.4 Å². The van der Waals surface area contributed by atoms with Gasteiger partial charge in [0.2, 0.25) is 0 Å². The first-order valence-electron chi connectivity index (χ1n) is 16.6. The monoisotopic (exact) mass is 627 g/mol. The summed E-state index contributed by atoms with van der Waals surface area (Å²) in [7, 11) is 0. The van der Waals surface area contributed by atoms with Crippen LogP contribution in [0.1, 0.15) is 0 Å². The summed E-state index contributed by atoms with van der Waals surface area (Å²) >= 11 is 0. The van der Waals surface area contributed by atoms with Crippen LogP contribution in [0.5, 0.6) is 0 Å². The van der Waals surface area contributed by atoms with E-state index in [2.05, 4.69) is 163 Å². The van der Waals surface area contributed by atoms with Gasteiger partial charge in [0.25, 0.3) is 0 Å².